The van der Waals surface area contributed by atoms with Crippen molar-refractivity contribution < 1.29 is 19.1 Å². The molecule has 2 aromatic rings. The molecule has 1 atom stereocenters. The molecule has 0 radical (unpaired) electrons. The van der Waals surface area contributed by atoms with Gasteiger partial charge in [-0.25, -0.2) is 4.79 Å². The van der Waals surface area contributed by atoms with Crippen molar-refractivity contribution >= 4 is 23.5 Å². The Hall–Kier alpha value is -2.47. The van der Waals surface area contributed by atoms with Gasteiger partial charge in [0.2, 0.25) is 0 Å². The van der Waals surface area contributed by atoms with E-state index in [0.29, 0.717) is 52.7 Å². The second kappa shape index (κ2) is 8.05. The average Bonchev–Trinajstić information content (AvgIpc) is 2.98. The summed E-state index contributed by atoms with van der Waals surface area (Å²) >= 11 is 6.21. The van der Waals surface area contributed by atoms with Gasteiger partial charge in [-0.05, 0) is 25.0 Å². The van der Waals surface area contributed by atoms with E-state index < -0.39 is 5.97 Å². The zero-order valence-corrected chi connectivity index (χ0v) is 16.4. The van der Waals surface area contributed by atoms with Gasteiger partial charge in [0.1, 0.15) is 11.4 Å². The lowest BCUT2D eigenvalue weighted by Crippen LogP contribution is -2.33. The second-order valence-corrected chi connectivity index (χ2v) is 6.95. The van der Waals surface area contributed by atoms with Gasteiger partial charge in [-0.2, -0.15) is 0 Å². The van der Waals surface area contributed by atoms with Crippen LogP contribution in [0.5, 0.6) is 5.75 Å². The Kier molecular flexibility index (Phi) is 5.75. The molecule has 1 aromatic carbocycles. The summed E-state index contributed by atoms with van der Waals surface area (Å²) in [5, 5.41) is 3.58. The molecule has 0 saturated carbocycles. The average molecular weight is 391 g/mol. The van der Waals surface area contributed by atoms with Gasteiger partial charge in [0.25, 0.3) is 5.91 Å². The summed E-state index contributed by atoms with van der Waals surface area (Å²) in [6, 6.07) is 5.30. The third-order valence-electron chi connectivity index (χ3n) is 4.74. The molecule has 7 heteroatoms. The summed E-state index contributed by atoms with van der Waals surface area (Å²) in [5.41, 5.74) is 3.03. The van der Waals surface area contributed by atoms with Crippen molar-refractivity contribution in [3.8, 4) is 5.75 Å². The number of ether oxygens (including phenoxy) is 2. The predicted octanol–water partition coefficient (Wildman–Crippen LogP) is 3.97. The number of aromatic nitrogens is 1. The van der Waals surface area contributed by atoms with E-state index in [9.17, 15) is 9.59 Å². The van der Waals surface area contributed by atoms with Crippen molar-refractivity contribution in [3.05, 3.63) is 51.3 Å². The van der Waals surface area contributed by atoms with E-state index in [1.165, 1.54) is 7.11 Å². The van der Waals surface area contributed by atoms with Crippen molar-refractivity contribution in [2.75, 3.05) is 13.7 Å². The molecular formula is C20H23ClN2O4. The van der Waals surface area contributed by atoms with Crippen molar-refractivity contribution in [3.63, 3.8) is 0 Å². The topological polar surface area (TPSA) is 80.4 Å². The first-order valence-electron chi connectivity index (χ1n) is 8.99. The highest BCUT2D eigenvalue weighted by Gasteiger charge is 2.29. The summed E-state index contributed by atoms with van der Waals surface area (Å²) in [7, 11) is 1.34. The lowest BCUT2D eigenvalue weighted by Gasteiger charge is -2.27. The number of carbonyl (C=O) groups excluding carboxylic acids is 2. The Labute approximate surface area is 163 Å². The third kappa shape index (κ3) is 3.67. The molecule has 0 fully saturated rings. The molecule has 0 bridgehead atoms. The number of para-hydroxylation sites is 1. The van der Waals surface area contributed by atoms with Crippen LogP contribution >= 0.6 is 11.6 Å². The molecule has 1 unspecified atom stereocenters. The fourth-order valence-electron chi connectivity index (χ4n) is 3.52. The first-order chi connectivity index (χ1) is 13.0. The number of aromatic amines is 1. The van der Waals surface area contributed by atoms with Gasteiger partial charge in [-0.15, -0.1) is 0 Å². The fraction of sp³-hybridized carbons (Fsp3) is 0.400. The molecule has 144 valence electrons. The monoisotopic (exact) mass is 390 g/mol. The minimum absolute atomic E-state index is 0.209. The summed E-state index contributed by atoms with van der Waals surface area (Å²) < 4.78 is 10.5. The standard InChI is InChI=1S/C20H23ClN2O4/c1-4-6-13-16(20(25)26-3)11(2)22-17(13)19(24)23-15-9-10-27-18-12(15)7-5-8-14(18)21/h5,7-8,15,22H,4,6,9-10H2,1-3H3,(H,23,24). The first kappa shape index (κ1) is 19.3. The van der Waals surface area contributed by atoms with Crippen LogP contribution in [-0.4, -0.2) is 30.6 Å². The number of rotatable bonds is 5. The van der Waals surface area contributed by atoms with E-state index >= 15 is 0 Å². The van der Waals surface area contributed by atoms with Crippen LogP contribution in [0, 0.1) is 6.92 Å². The maximum Gasteiger partial charge on any atom is 0.339 e. The number of hydrogen-bond acceptors (Lipinski definition) is 4. The van der Waals surface area contributed by atoms with Gasteiger partial charge in [0, 0.05) is 17.7 Å². The number of aryl methyl sites for hydroxylation is 1. The number of fused-ring (bicyclic) bond motifs is 1. The summed E-state index contributed by atoms with van der Waals surface area (Å²) in [4.78, 5) is 28.2. The summed E-state index contributed by atoms with van der Waals surface area (Å²) in [5.74, 6) is -0.0774. The highest BCUT2D eigenvalue weighted by molar-refractivity contribution is 6.32. The molecule has 0 aliphatic carbocycles. The second-order valence-electron chi connectivity index (χ2n) is 6.54. The quantitative estimate of drug-likeness (QED) is 0.757. The van der Waals surface area contributed by atoms with Gasteiger partial charge in [0.05, 0.1) is 30.3 Å². The van der Waals surface area contributed by atoms with Crippen molar-refractivity contribution in [2.45, 2.75) is 39.2 Å². The van der Waals surface area contributed by atoms with Gasteiger partial charge in [-0.3, -0.25) is 4.79 Å². The Morgan fingerprint density at radius 1 is 1.41 bits per heavy atom. The first-order valence-corrected chi connectivity index (χ1v) is 9.37. The molecule has 3 rings (SSSR count). The molecule has 1 aromatic heterocycles. The van der Waals surface area contributed by atoms with Crippen molar-refractivity contribution in [1.82, 2.24) is 10.3 Å². The minimum Gasteiger partial charge on any atom is -0.492 e. The Bertz CT molecular complexity index is 875. The van der Waals surface area contributed by atoms with Crippen LogP contribution in [0.2, 0.25) is 5.02 Å². The molecule has 27 heavy (non-hydrogen) atoms. The highest BCUT2D eigenvalue weighted by atomic mass is 35.5. The molecular weight excluding hydrogens is 368 g/mol. The smallest absolute Gasteiger partial charge is 0.339 e. The SMILES string of the molecule is CCCc1c(C(=O)NC2CCOc3c(Cl)cccc32)[nH]c(C)c1C(=O)OC. The summed E-state index contributed by atoms with van der Waals surface area (Å²) in [6.45, 7) is 4.24. The maximum atomic E-state index is 13.0. The van der Waals surface area contributed by atoms with Crippen molar-refractivity contribution in [1.29, 1.82) is 0 Å². The Morgan fingerprint density at radius 2 is 2.19 bits per heavy atom. The van der Waals surface area contributed by atoms with Crippen LogP contribution in [0.15, 0.2) is 18.2 Å². The summed E-state index contributed by atoms with van der Waals surface area (Å²) in [6.07, 6.45) is 2.05. The zero-order valence-electron chi connectivity index (χ0n) is 15.6. The lowest BCUT2D eigenvalue weighted by molar-refractivity contribution is 0.0599. The number of carbonyl (C=O) groups is 2. The van der Waals surface area contributed by atoms with E-state index in [-0.39, 0.29) is 11.9 Å². The predicted molar refractivity (Wildman–Crippen MR) is 103 cm³/mol. The molecule has 1 amide bonds. The van der Waals surface area contributed by atoms with Gasteiger partial charge in [-0.1, -0.05) is 37.1 Å². The Morgan fingerprint density at radius 3 is 2.89 bits per heavy atom. The number of nitrogens with one attached hydrogen (secondary N) is 2. The van der Waals surface area contributed by atoms with Crippen LogP contribution in [-0.2, 0) is 11.2 Å². The largest absolute Gasteiger partial charge is 0.492 e. The molecule has 2 heterocycles. The number of esters is 1. The van der Waals surface area contributed by atoms with Gasteiger partial charge >= 0.3 is 5.97 Å². The number of benzene rings is 1. The number of hydrogen-bond donors (Lipinski definition) is 2. The molecule has 6 nitrogen and oxygen atoms in total. The maximum absolute atomic E-state index is 13.0. The van der Waals surface area contributed by atoms with Crippen LogP contribution < -0.4 is 10.1 Å². The third-order valence-corrected chi connectivity index (χ3v) is 5.04. The number of amides is 1. The Balaban J connectivity index is 1.92. The number of H-pyrrole nitrogens is 1. The molecule has 2 N–H and O–H groups in total. The van der Waals surface area contributed by atoms with Gasteiger partial charge < -0.3 is 19.8 Å². The number of halogens is 1. The fourth-order valence-corrected chi connectivity index (χ4v) is 3.75. The van der Waals surface area contributed by atoms with E-state index in [1.807, 2.05) is 19.1 Å². The van der Waals surface area contributed by atoms with Crippen LogP contribution in [0.25, 0.3) is 0 Å². The minimum atomic E-state index is -0.436. The lowest BCUT2D eigenvalue weighted by atomic mass is 9.99. The van der Waals surface area contributed by atoms with E-state index in [0.717, 1.165) is 12.0 Å². The zero-order chi connectivity index (χ0) is 19.6. The molecule has 1 aliphatic rings. The van der Waals surface area contributed by atoms with Crippen LogP contribution in [0.1, 0.15) is 63.5 Å². The van der Waals surface area contributed by atoms with Crippen LogP contribution in [0.3, 0.4) is 0 Å². The van der Waals surface area contributed by atoms with Crippen molar-refractivity contribution in [2.24, 2.45) is 0 Å². The molecule has 1 aliphatic heterocycles. The molecule has 0 saturated heterocycles. The number of methoxy groups -OCH3 is 1. The highest BCUT2D eigenvalue weighted by Crippen LogP contribution is 2.37. The van der Waals surface area contributed by atoms with Crippen LogP contribution in [0.4, 0.5) is 0 Å². The van der Waals surface area contributed by atoms with E-state index in [1.54, 1.807) is 13.0 Å². The molecule has 0 spiro atoms. The van der Waals surface area contributed by atoms with Gasteiger partial charge in [0.15, 0.2) is 0 Å². The normalized spacial score (nSPS) is 15.6. The van der Waals surface area contributed by atoms with E-state index in [2.05, 4.69) is 10.3 Å². The van der Waals surface area contributed by atoms with E-state index in [4.69, 9.17) is 21.1 Å².